The van der Waals surface area contributed by atoms with Crippen molar-refractivity contribution in [2.24, 2.45) is 0 Å². The molecule has 0 amide bonds. The zero-order valence-electron chi connectivity index (χ0n) is 9.10. The van der Waals surface area contributed by atoms with Crippen LogP contribution in [-0.4, -0.2) is 21.8 Å². The van der Waals surface area contributed by atoms with Gasteiger partial charge in [0.25, 0.3) is 5.88 Å². The van der Waals surface area contributed by atoms with Crippen molar-refractivity contribution in [2.75, 3.05) is 6.26 Å². The minimum atomic E-state index is -0.431. The number of rotatable bonds is 4. The fraction of sp³-hybridized carbons (Fsp3) is 0.500. The molecule has 1 aromatic rings. The second-order valence-corrected chi connectivity index (χ2v) is 4.82. The summed E-state index contributed by atoms with van der Waals surface area (Å²) in [5.74, 6) is 0.136. The normalized spacial score (nSPS) is 16.9. The number of aromatic nitrogens is 1. The number of pyridine rings is 1. The summed E-state index contributed by atoms with van der Waals surface area (Å²) >= 11 is 1.32. The molecule has 0 unspecified atom stereocenters. The summed E-state index contributed by atoms with van der Waals surface area (Å²) in [7, 11) is 0. The van der Waals surface area contributed by atoms with E-state index in [9.17, 15) is 10.1 Å². The Kier molecular flexibility index (Phi) is 2.75. The summed E-state index contributed by atoms with van der Waals surface area (Å²) in [6.07, 6.45) is 5.19. The standard InChI is InChI=1S/C10H12N2O3S/c1-10(4-5-10)15-9-8(12(13)14)7(16-2)3-6-11-9/h3,6H,4-5H2,1-2H3. The Morgan fingerprint density at radius 1 is 1.62 bits per heavy atom. The van der Waals surface area contributed by atoms with Crippen molar-refractivity contribution in [3.63, 3.8) is 0 Å². The summed E-state index contributed by atoms with van der Waals surface area (Å²) in [5, 5.41) is 11.0. The third kappa shape index (κ3) is 2.11. The van der Waals surface area contributed by atoms with Gasteiger partial charge in [-0.15, -0.1) is 11.8 Å². The number of nitrogens with zero attached hydrogens (tertiary/aromatic N) is 2. The minimum absolute atomic E-state index is 0.0249. The van der Waals surface area contributed by atoms with Crippen molar-refractivity contribution in [3.8, 4) is 5.88 Å². The van der Waals surface area contributed by atoms with Gasteiger partial charge in [-0.1, -0.05) is 0 Å². The van der Waals surface area contributed by atoms with Crippen LogP contribution >= 0.6 is 11.8 Å². The molecule has 1 fully saturated rings. The molecule has 5 nitrogen and oxygen atoms in total. The first-order valence-electron chi connectivity index (χ1n) is 4.92. The van der Waals surface area contributed by atoms with Gasteiger partial charge < -0.3 is 4.74 Å². The Morgan fingerprint density at radius 3 is 2.81 bits per heavy atom. The van der Waals surface area contributed by atoms with E-state index in [1.807, 2.05) is 6.92 Å². The lowest BCUT2D eigenvalue weighted by Gasteiger charge is -2.12. The van der Waals surface area contributed by atoms with Gasteiger partial charge in [0.05, 0.1) is 9.82 Å². The smallest absolute Gasteiger partial charge is 0.344 e. The van der Waals surface area contributed by atoms with Gasteiger partial charge in [-0.3, -0.25) is 10.1 Å². The second kappa shape index (κ2) is 3.93. The molecule has 16 heavy (non-hydrogen) atoms. The number of ether oxygens (including phenoxy) is 1. The highest BCUT2D eigenvalue weighted by Gasteiger charge is 2.42. The molecule has 1 aliphatic rings. The Hall–Kier alpha value is -1.30. The number of hydrogen-bond acceptors (Lipinski definition) is 5. The topological polar surface area (TPSA) is 65.3 Å². The van der Waals surface area contributed by atoms with E-state index < -0.39 is 4.92 Å². The van der Waals surface area contributed by atoms with E-state index in [0.717, 1.165) is 12.8 Å². The fourth-order valence-electron chi connectivity index (χ4n) is 1.34. The monoisotopic (exact) mass is 240 g/mol. The molecule has 0 bridgehead atoms. The van der Waals surface area contributed by atoms with Gasteiger partial charge in [-0.05, 0) is 32.1 Å². The number of hydrogen-bond donors (Lipinski definition) is 0. The Morgan fingerprint density at radius 2 is 2.31 bits per heavy atom. The van der Waals surface area contributed by atoms with Gasteiger partial charge in [0.1, 0.15) is 5.60 Å². The van der Waals surface area contributed by atoms with Gasteiger partial charge in [0, 0.05) is 6.20 Å². The van der Waals surface area contributed by atoms with Crippen molar-refractivity contribution in [1.29, 1.82) is 0 Å². The van der Waals surface area contributed by atoms with Crippen molar-refractivity contribution < 1.29 is 9.66 Å². The van der Waals surface area contributed by atoms with Crippen molar-refractivity contribution in [2.45, 2.75) is 30.3 Å². The third-order valence-electron chi connectivity index (χ3n) is 2.55. The summed E-state index contributed by atoms with van der Waals surface area (Å²) in [5.41, 5.74) is -0.280. The van der Waals surface area contributed by atoms with E-state index in [-0.39, 0.29) is 17.2 Å². The number of nitro groups is 1. The predicted octanol–water partition coefficient (Wildman–Crippen LogP) is 2.64. The molecule has 2 rings (SSSR count). The summed E-state index contributed by atoms with van der Waals surface area (Å²) in [6.45, 7) is 1.93. The maximum Gasteiger partial charge on any atom is 0.344 e. The highest BCUT2D eigenvalue weighted by molar-refractivity contribution is 7.98. The first-order valence-corrected chi connectivity index (χ1v) is 6.15. The van der Waals surface area contributed by atoms with Crippen LogP contribution in [0.15, 0.2) is 17.2 Å². The van der Waals surface area contributed by atoms with Crippen molar-refractivity contribution >= 4 is 17.4 Å². The molecule has 1 saturated carbocycles. The lowest BCUT2D eigenvalue weighted by Crippen LogP contribution is -2.14. The molecule has 0 saturated heterocycles. The van der Waals surface area contributed by atoms with Crippen LogP contribution in [-0.2, 0) is 0 Å². The third-order valence-corrected chi connectivity index (χ3v) is 3.32. The SMILES string of the molecule is CSc1ccnc(OC2(C)CC2)c1[N+](=O)[O-]. The van der Waals surface area contributed by atoms with Crippen LogP contribution in [0.5, 0.6) is 5.88 Å². The summed E-state index contributed by atoms with van der Waals surface area (Å²) in [4.78, 5) is 15.1. The summed E-state index contributed by atoms with van der Waals surface area (Å²) in [6, 6.07) is 1.63. The molecule has 86 valence electrons. The molecule has 0 N–H and O–H groups in total. The second-order valence-electron chi connectivity index (χ2n) is 3.98. The molecule has 0 spiro atoms. The minimum Gasteiger partial charge on any atom is -0.466 e. The van der Waals surface area contributed by atoms with Crippen molar-refractivity contribution in [3.05, 3.63) is 22.4 Å². The lowest BCUT2D eigenvalue weighted by molar-refractivity contribution is -0.389. The molecule has 1 heterocycles. The van der Waals surface area contributed by atoms with E-state index in [2.05, 4.69) is 4.98 Å². The van der Waals surface area contributed by atoms with Crippen LogP contribution in [0.2, 0.25) is 0 Å². The molecule has 1 aliphatic carbocycles. The Labute approximate surface area is 97.4 Å². The van der Waals surface area contributed by atoms with E-state index >= 15 is 0 Å². The quantitative estimate of drug-likeness (QED) is 0.460. The average molecular weight is 240 g/mol. The van der Waals surface area contributed by atoms with Gasteiger partial charge in [-0.2, -0.15) is 0 Å². The average Bonchev–Trinajstić information content (AvgIpc) is 2.95. The van der Waals surface area contributed by atoms with Crippen LogP contribution in [0.3, 0.4) is 0 Å². The first kappa shape index (κ1) is 11.2. The highest BCUT2D eigenvalue weighted by Crippen LogP contribution is 2.43. The molecule has 0 aromatic carbocycles. The van der Waals surface area contributed by atoms with Gasteiger partial charge in [-0.25, -0.2) is 4.98 Å². The van der Waals surface area contributed by atoms with Gasteiger partial charge in [0.15, 0.2) is 0 Å². The van der Waals surface area contributed by atoms with Crippen LogP contribution < -0.4 is 4.74 Å². The van der Waals surface area contributed by atoms with Crippen LogP contribution in [0.1, 0.15) is 19.8 Å². The van der Waals surface area contributed by atoms with Crippen LogP contribution in [0, 0.1) is 10.1 Å². The highest BCUT2D eigenvalue weighted by atomic mass is 32.2. The molecular formula is C10H12N2O3S. The van der Waals surface area contributed by atoms with Crippen LogP contribution in [0.25, 0.3) is 0 Å². The van der Waals surface area contributed by atoms with Gasteiger partial charge in [0.2, 0.25) is 0 Å². The number of thioether (sulfide) groups is 1. The molecule has 1 aromatic heterocycles. The Bertz CT molecular complexity index is 432. The summed E-state index contributed by atoms with van der Waals surface area (Å²) < 4.78 is 5.58. The van der Waals surface area contributed by atoms with E-state index in [0.29, 0.717) is 4.90 Å². The van der Waals surface area contributed by atoms with Crippen LogP contribution in [0.4, 0.5) is 5.69 Å². The van der Waals surface area contributed by atoms with E-state index in [1.165, 1.54) is 11.8 Å². The van der Waals surface area contributed by atoms with Gasteiger partial charge >= 0.3 is 5.69 Å². The molecule has 0 aliphatic heterocycles. The molecule has 6 heteroatoms. The largest absolute Gasteiger partial charge is 0.466 e. The maximum atomic E-state index is 11.0. The predicted molar refractivity (Wildman–Crippen MR) is 60.9 cm³/mol. The van der Waals surface area contributed by atoms with E-state index in [4.69, 9.17) is 4.74 Å². The maximum absolute atomic E-state index is 11.0. The zero-order valence-corrected chi connectivity index (χ0v) is 9.91. The van der Waals surface area contributed by atoms with E-state index in [1.54, 1.807) is 18.5 Å². The molecule has 0 atom stereocenters. The lowest BCUT2D eigenvalue weighted by atomic mass is 10.4. The fourth-order valence-corrected chi connectivity index (χ4v) is 1.89. The van der Waals surface area contributed by atoms with Crippen molar-refractivity contribution in [1.82, 2.24) is 4.98 Å². The zero-order chi connectivity index (χ0) is 11.8. The molecule has 0 radical (unpaired) electrons. The Balaban J connectivity index is 2.39. The first-order chi connectivity index (χ1) is 7.56. The molecular weight excluding hydrogens is 228 g/mol.